The normalized spacial score (nSPS) is 13.0. The highest BCUT2D eigenvalue weighted by Crippen LogP contribution is 2.64. The maximum atomic E-state index is 15.4. The van der Waals surface area contributed by atoms with E-state index < -0.39 is 5.41 Å². The van der Waals surface area contributed by atoms with E-state index in [2.05, 4.69) is 193 Å². The average molecular weight is 704 g/mol. The van der Waals surface area contributed by atoms with E-state index in [0.29, 0.717) is 0 Å². The zero-order valence-electron chi connectivity index (χ0n) is 30.0. The number of hydrogen-bond donors (Lipinski definition) is 0. The molecule has 0 heterocycles. The van der Waals surface area contributed by atoms with E-state index in [4.69, 9.17) is 0 Å². The number of hydrogen-bond acceptors (Lipinski definition) is 1. The monoisotopic (exact) mass is 703 g/mol. The zero-order chi connectivity index (χ0) is 36.5. The molecule has 0 saturated carbocycles. The molecule has 1 spiro atoms. The van der Waals surface area contributed by atoms with E-state index in [1.54, 1.807) is 12.1 Å². The van der Waals surface area contributed by atoms with Gasteiger partial charge in [-0.3, -0.25) is 0 Å². The molecule has 0 unspecified atom stereocenters. The molecule has 55 heavy (non-hydrogen) atoms. The molecule has 0 bridgehead atoms. The topological polar surface area (TPSA) is 3.24 Å². The fourth-order valence-electron chi connectivity index (χ4n) is 9.49. The third-order valence-corrected chi connectivity index (χ3v) is 11.7. The van der Waals surface area contributed by atoms with Crippen LogP contribution in [-0.4, -0.2) is 0 Å². The minimum atomic E-state index is -0.540. The van der Waals surface area contributed by atoms with Gasteiger partial charge in [-0.25, -0.2) is 4.39 Å². The first-order valence-electron chi connectivity index (χ1n) is 18.9. The highest BCUT2D eigenvalue weighted by Gasteiger charge is 2.52. The van der Waals surface area contributed by atoms with Gasteiger partial charge in [0.05, 0.1) is 5.41 Å². The van der Waals surface area contributed by atoms with E-state index >= 15 is 4.39 Å². The molecule has 0 saturated heterocycles. The van der Waals surface area contributed by atoms with E-state index in [1.807, 2.05) is 6.07 Å². The Morgan fingerprint density at radius 2 is 0.873 bits per heavy atom. The van der Waals surface area contributed by atoms with Gasteiger partial charge in [0.1, 0.15) is 5.82 Å². The summed E-state index contributed by atoms with van der Waals surface area (Å²) >= 11 is 0. The fourth-order valence-corrected chi connectivity index (χ4v) is 9.49. The molecule has 0 atom stereocenters. The molecular formula is C53H34FN. The number of benzene rings is 9. The van der Waals surface area contributed by atoms with Gasteiger partial charge in [0.15, 0.2) is 0 Å². The van der Waals surface area contributed by atoms with Crippen molar-refractivity contribution in [3.05, 3.63) is 234 Å². The third kappa shape index (κ3) is 4.65. The minimum absolute atomic E-state index is 0.227. The van der Waals surface area contributed by atoms with Crippen LogP contribution in [0.1, 0.15) is 22.3 Å². The Labute approximate surface area is 320 Å². The standard InChI is InChI=1S/C53H34FN/c54-38-28-32-50-47(34-38)52-46(21-12-24-51(52)53(50)48-22-10-8-19-44(48)45-20-9-11-23-49(45)53)43-18-7-6-17-42(43)36-26-29-40(30-27-36)55(39-15-2-1-3-16-39)41-31-25-35-13-4-5-14-37(35)33-41/h1-34H. The van der Waals surface area contributed by atoms with E-state index in [1.165, 1.54) is 38.6 Å². The van der Waals surface area contributed by atoms with E-state index in [9.17, 15) is 0 Å². The maximum Gasteiger partial charge on any atom is 0.123 e. The summed E-state index contributed by atoms with van der Waals surface area (Å²) in [4.78, 5) is 2.31. The minimum Gasteiger partial charge on any atom is -0.310 e. The first-order valence-corrected chi connectivity index (χ1v) is 18.9. The van der Waals surface area contributed by atoms with Crippen LogP contribution >= 0.6 is 0 Å². The largest absolute Gasteiger partial charge is 0.310 e. The van der Waals surface area contributed by atoms with Crippen molar-refractivity contribution < 1.29 is 4.39 Å². The summed E-state index contributed by atoms with van der Waals surface area (Å²) in [6.45, 7) is 0. The molecule has 258 valence electrons. The summed E-state index contributed by atoms with van der Waals surface area (Å²) in [6, 6.07) is 72.8. The quantitative estimate of drug-likeness (QED) is 0.172. The van der Waals surface area contributed by atoms with Gasteiger partial charge in [0.25, 0.3) is 0 Å². The van der Waals surface area contributed by atoms with Crippen LogP contribution in [0, 0.1) is 5.82 Å². The molecule has 0 fully saturated rings. The summed E-state index contributed by atoms with van der Waals surface area (Å²) in [5, 5.41) is 2.42. The number of rotatable bonds is 5. The fraction of sp³-hybridized carbons (Fsp3) is 0.0189. The van der Waals surface area contributed by atoms with Crippen LogP contribution in [-0.2, 0) is 5.41 Å². The van der Waals surface area contributed by atoms with Gasteiger partial charge in [-0.2, -0.15) is 0 Å². The predicted octanol–water partition coefficient (Wildman–Crippen LogP) is 14.1. The molecule has 1 nitrogen and oxygen atoms in total. The summed E-state index contributed by atoms with van der Waals surface area (Å²) in [5.41, 5.74) is 16.6. The van der Waals surface area contributed by atoms with Crippen molar-refractivity contribution in [2.75, 3.05) is 4.90 Å². The number of nitrogens with zero attached hydrogens (tertiary/aromatic N) is 1. The molecule has 0 N–H and O–H groups in total. The molecule has 0 amide bonds. The van der Waals surface area contributed by atoms with Gasteiger partial charge in [-0.1, -0.05) is 158 Å². The Morgan fingerprint density at radius 1 is 0.327 bits per heavy atom. The first kappa shape index (κ1) is 31.5. The van der Waals surface area contributed by atoms with Gasteiger partial charge in [-0.05, 0) is 126 Å². The molecule has 2 heteroatoms. The Morgan fingerprint density at radius 3 is 1.62 bits per heavy atom. The van der Waals surface area contributed by atoms with Gasteiger partial charge in [0.2, 0.25) is 0 Å². The van der Waals surface area contributed by atoms with Crippen LogP contribution in [0.4, 0.5) is 21.5 Å². The zero-order valence-corrected chi connectivity index (χ0v) is 30.0. The second-order valence-corrected chi connectivity index (χ2v) is 14.6. The van der Waals surface area contributed by atoms with Crippen molar-refractivity contribution in [2.45, 2.75) is 5.41 Å². The maximum absolute atomic E-state index is 15.4. The highest BCUT2D eigenvalue weighted by atomic mass is 19.1. The van der Waals surface area contributed by atoms with Crippen LogP contribution in [0.15, 0.2) is 206 Å². The Bertz CT molecular complexity index is 2900. The molecule has 11 rings (SSSR count). The van der Waals surface area contributed by atoms with Crippen LogP contribution in [0.3, 0.4) is 0 Å². The highest BCUT2D eigenvalue weighted by molar-refractivity contribution is 6.02. The average Bonchev–Trinajstić information content (AvgIpc) is 3.71. The lowest BCUT2D eigenvalue weighted by atomic mass is 9.70. The summed E-state index contributed by atoms with van der Waals surface area (Å²) in [6.07, 6.45) is 0. The Kier molecular flexibility index (Phi) is 7.02. The number of fused-ring (bicyclic) bond motifs is 11. The van der Waals surface area contributed by atoms with Crippen molar-refractivity contribution in [1.82, 2.24) is 0 Å². The van der Waals surface area contributed by atoms with Crippen molar-refractivity contribution in [3.8, 4) is 44.5 Å². The molecule has 0 radical (unpaired) electrons. The SMILES string of the molecule is Fc1ccc2c(c1)-c1c(-c3ccccc3-c3ccc(N(c4ccccc4)c4ccc5ccccc5c4)cc3)cccc1C21c2ccccc2-c2ccccc21. The second-order valence-electron chi connectivity index (χ2n) is 14.6. The lowest BCUT2D eigenvalue weighted by Crippen LogP contribution is -2.25. The molecule has 0 aromatic heterocycles. The molecular weight excluding hydrogens is 670 g/mol. The second kappa shape index (κ2) is 12.3. The Hall–Kier alpha value is -7.03. The van der Waals surface area contributed by atoms with Gasteiger partial charge < -0.3 is 4.90 Å². The number of halogens is 1. The van der Waals surface area contributed by atoms with Crippen LogP contribution in [0.25, 0.3) is 55.3 Å². The van der Waals surface area contributed by atoms with Gasteiger partial charge >= 0.3 is 0 Å². The van der Waals surface area contributed by atoms with Crippen molar-refractivity contribution >= 4 is 27.8 Å². The summed E-state index contributed by atoms with van der Waals surface area (Å²) in [5.74, 6) is -0.227. The third-order valence-electron chi connectivity index (χ3n) is 11.7. The van der Waals surface area contributed by atoms with E-state index in [-0.39, 0.29) is 5.82 Å². The first-order chi connectivity index (χ1) is 27.2. The van der Waals surface area contributed by atoms with Crippen molar-refractivity contribution in [1.29, 1.82) is 0 Å². The molecule has 9 aromatic rings. The van der Waals surface area contributed by atoms with E-state index in [0.717, 1.165) is 56.0 Å². The van der Waals surface area contributed by atoms with Crippen molar-refractivity contribution in [3.63, 3.8) is 0 Å². The van der Waals surface area contributed by atoms with Crippen LogP contribution < -0.4 is 4.90 Å². The number of para-hydroxylation sites is 1. The molecule has 0 aliphatic heterocycles. The lowest BCUT2D eigenvalue weighted by molar-refractivity contribution is 0.627. The molecule has 2 aliphatic carbocycles. The summed E-state index contributed by atoms with van der Waals surface area (Å²) < 4.78 is 15.4. The van der Waals surface area contributed by atoms with Crippen LogP contribution in [0.2, 0.25) is 0 Å². The smallest absolute Gasteiger partial charge is 0.123 e. The summed E-state index contributed by atoms with van der Waals surface area (Å²) in [7, 11) is 0. The predicted molar refractivity (Wildman–Crippen MR) is 226 cm³/mol. The van der Waals surface area contributed by atoms with Crippen LogP contribution in [0.5, 0.6) is 0 Å². The van der Waals surface area contributed by atoms with Gasteiger partial charge in [-0.15, -0.1) is 0 Å². The number of anilines is 3. The molecule has 9 aromatic carbocycles. The van der Waals surface area contributed by atoms with Crippen molar-refractivity contribution in [2.24, 2.45) is 0 Å². The lowest BCUT2D eigenvalue weighted by Gasteiger charge is -2.30. The van der Waals surface area contributed by atoms with Gasteiger partial charge in [0, 0.05) is 17.1 Å². The molecule has 2 aliphatic rings. The Balaban J connectivity index is 1.08.